The van der Waals surface area contributed by atoms with Crippen LogP contribution in [0.25, 0.3) is 0 Å². The molecule has 0 saturated carbocycles. The van der Waals surface area contributed by atoms with Gasteiger partial charge in [-0.2, -0.15) is 0 Å². The van der Waals surface area contributed by atoms with E-state index in [1.807, 2.05) is 0 Å². The topological polar surface area (TPSA) is 3.24 Å². The lowest BCUT2D eigenvalue weighted by Crippen LogP contribution is -2.53. The number of unbranched alkanes of at least 4 members (excludes halogenated alkanes) is 26. The Labute approximate surface area is 386 Å². The first-order chi connectivity index (χ1) is 32.0. The van der Waals surface area contributed by atoms with E-state index >= 15 is 52.7 Å². The average molecular weight is 978 g/mol. The normalized spacial score (nSPS) is 12.1. The van der Waals surface area contributed by atoms with Gasteiger partial charge in [-0.15, -0.1) is 0 Å². The van der Waals surface area contributed by atoms with Gasteiger partial charge in [0.25, 0.3) is 0 Å². The maximum absolute atomic E-state index is 16.4. The highest BCUT2D eigenvalue weighted by Crippen LogP contribution is 2.51. The lowest BCUT2D eigenvalue weighted by Gasteiger charge is -2.46. The summed E-state index contributed by atoms with van der Waals surface area (Å²) in [5, 5.41) is 0. The molecule has 0 radical (unpaired) electrons. The summed E-state index contributed by atoms with van der Waals surface area (Å²) in [5.41, 5.74) is -12.5. The van der Waals surface area contributed by atoms with Crippen LogP contribution in [0.2, 0.25) is 0 Å². The molecule has 67 heavy (non-hydrogen) atoms. The summed E-state index contributed by atoms with van der Waals surface area (Å²) < 4.78 is 234. The second-order valence-electron chi connectivity index (χ2n) is 17.7. The van der Waals surface area contributed by atoms with E-state index in [9.17, 15) is 13.2 Å². The van der Waals surface area contributed by atoms with E-state index in [4.69, 9.17) is 0 Å². The summed E-state index contributed by atoms with van der Waals surface area (Å²) in [6.07, 6.45) is 22.7. The smallest absolute Gasteiger partial charge is 0.200 e. The van der Waals surface area contributed by atoms with Crippen molar-refractivity contribution in [2.24, 2.45) is 0 Å². The Morgan fingerprint density at radius 2 is 0.373 bits per heavy atom. The summed E-state index contributed by atoms with van der Waals surface area (Å²) in [6.45, 7) is 2.48. The van der Waals surface area contributed by atoms with Gasteiger partial charge in [0.05, 0.1) is 16.7 Å². The molecule has 0 aliphatic heterocycles. The minimum Gasteiger partial charge on any atom is -0.286 e. The Balaban J connectivity index is 2.11. The van der Waals surface area contributed by atoms with Gasteiger partial charge >= 0.3 is 0 Å². The van der Waals surface area contributed by atoms with Crippen LogP contribution in [0, 0.1) is 87.3 Å². The Morgan fingerprint density at radius 1 is 0.224 bits per heavy atom. The Hall–Kier alpha value is -3.43. The number of hydrogen-bond donors (Lipinski definition) is 0. The molecule has 16 heteroatoms. The van der Waals surface area contributed by atoms with Crippen molar-refractivity contribution in [3.8, 4) is 0 Å². The van der Waals surface area contributed by atoms with Crippen molar-refractivity contribution in [2.75, 3.05) is 13.1 Å². The predicted octanol–water partition coefficient (Wildman–Crippen LogP) is 18.3. The molecule has 0 aromatic heterocycles. The summed E-state index contributed by atoms with van der Waals surface area (Å²) in [6, 6.07) is 0. The summed E-state index contributed by atoms with van der Waals surface area (Å²) in [4.78, 5) is 0.308. The zero-order valence-corrected chi connectivity index (χ0v) is 38.8. The van der Waals surface area contributed by atoms with Gasteiger partial charge in [-0.05, 0) is 25.9 Å². The zero-order chi connectivity index (χ0) is 49.7. The Kier molecular flexibility index (Phi) is 25.5. The molecular weight excluding hydrogens is 912 g/mol. The molecule has 0 heterocycles. The van der Waals surface area contributed by atoms with Crippen molar-refractivity contribution in [2.45, 2.75) is 199 Å². The molecule has 380 valence electrons. The van der Waals surface area contributed by atoms with Crippen LogP contribution in [-0.4, -0.2) is 18.0 Å². The van der Waals surface area contributed by atoms with Crippen LogP contribution in [0.3, 0.4) is 0 Å². The molecule has 0 aliphatic rings. The molecule has 0 aliphatic carbocycles. The molecule has 0 N–H and O–H groups in total. The van der Waals surface area contributed by atoms with Gasteiger partial charge in [-0.25, -0.2) is 65.9 Å². The second kappa shape index (κ2) is 29.6. The van der Waals surface area contributed by atoms with Crippen molar-refractivity contribution in [3.63, 3.8) is 0 Å². The second-order valence-corrected chi connectivity index (χ2v) is 17.7. The van der Waals surface area contributed by atoms with E-state index in [1.54, 1.807) is 0 Å². The Bertz CT molecular complexity index is 1700. The zero-order valence-electron chi connectivity index (χ0n) is 38.8. The summed E-state index contributed by atoms with van der Waals surface area (Å²) in [7, 11) is 0. The first-order valence-electron chi connectivity index (χ1n) is 24.4. The molecule has 0 amide bonds. The lowest BCUT2D eigenvalue weighted by atomic mass is 9.73. The van der Waals surface area contributed by atoms with Crippen LogP contribution in [0.4, 0.5) is 65.9 Å². The Morgan fingerprint density at radius 3 is 0.552 bits per heavy atom. The van der Waals surface area contributed by atoms with E-state index in [1.165, 1.54) is 25.7 Å². The maximum Gasteiger partial charge on any atom is 0.200 e. The third-order valence-electron chi connectivity index (χ3n) is 12.8. The van der Waals surface area contributed by atoms with E-state index < -0.39 is 123 Å². The largest absolute Gasteiger partial charge is 0.286 e. The van der Waals surface area contributed by atoms with Gasteiger partial charge in [0, 0.05) is 0 Å². The molecule has 3 aromatic carbocycles. The minimum atomic E-state index is -4.62. The number of rotatable bonds is 34. The molecule has 0 bridgehead atoms. The van der Waals surface area contributed by atoms with Gasteiger partial charge in [-0.3, -0.25) is 4.90 Å². The van der Waals surface area contributed by atoms with Crippen molar-refractivity contribution in [1.29, 1.82) is 0 Å². The van der Waals surface area contributed by atoms with Crippen molar-refractivity contribution in [1.82, 2.24) is 4.90 Å². The van der Waals surface area contributed by atoms with Crippen LogP contribution in [0.5, 0.6) is 0 Å². The number of hydrogen-bond acceptors (Lipinski definition) is 1. The fourth-order valence-corrected chi connectivity index (χ4v) is 9.06. The van der Waals surface area contributed by atoms with E-state index in [0.29, 0.717) is 30.6 Å². The lowest BCUT2D eigenvalue weighted by molar-refractivity contribution is 0.119. The third-order valence-corrected chi connectivity index (χ3v) is 12.8. The van der Waals surface area contributed by atoms with Gasteiger partial charge in [0.2, 0.25) is 17.5 Å². The van der Waals surface area contributed by atoms with Gasteiger partial charge in [0.15, 0.2) is 69.8 Å². The molecule has 0 spiro atoms. The SMILES string of the molecule is CCCCCCCCCCCCCCCCN(CCCCCCCCCCCCCCCC)C(c1c(F)c(F)c(F)c(F)c1F)(c1c(F)c(F)c(F)c(F)c1F)c1c(F)c(F)c(F)c(F)c1F. The number of nitrogens with zero attached hydrogens (tertiary/aromatic N) is 1. The summed E-state index contributed by atoms with van der Waals surface area (Å²) >= 11 is 0. The highest BCUT2D eigenvalue weighted by atomic mass is 19.2. The van der Waals surface area contributed by atoms with Crippen molar-refractivity contribution >= 4 is 0 Å². The first kappa shape index (κ1) is 57.9. The third kappa shape index (κ3) is 14.8. The highest BCUT2D eigenvalue weighted by Gasteiger charge is 2.56. The van der Waals surface area contributed by atoms with Gasteiger partial charge in [0.1, 0.15) is 5.54 Å². The van der Waals surface area contributed by atoms with Crippen molar-refractivity contribution in [3.05, 3.63) is 104 Å². The molecule has 3 aromatic rings. The monoisotopic (exact) mass is 977 g/mol. The minimum absolute atomic E-state index is 0.133. The number of halogens is 15. The van der Waals surface area contributed by atoms with Crippen LogP contribution >= 0.6 is 0 Å². The fraction of sp³-hybridized carbons (Fsp3) is 0.647. The molecule has 1 nitrogen and oxygen atoms in total. The van der Waals surface area contributed by atoms with Crippen LogP contribution in [0.1, 0.15) is 210 Å². The van der Waals surface area contributed by atoms with Crippen molar-refractivity contribution < 1.29 is 65.9 Å². The van der Waals surface area contributed by atoms with Crippen LogP contribution in [0.15, 0.2) is 0 Å². The maximum atomic E-state index is 16.4. The molecule has 0 fully saturated rings. The van der Waals surface area contributed by atoms with E-state index in [-0.39, 0.29) is 25.7 Å². The molecule has 0 unspecified atom stereocenters. The molecule has 0 atom stereocenters. The quantitative estimate of drug-likeness (QED) is 0.0189. The van der Waals surface area contributed by atoms with Gasteiger partial charge < -0.3 is 0 Å². The van der Waals surface area contributed by atoms with Crippen LogP contribution in [-0.2, 0) is 5.54 Å². The summed E-state index contributed by atoms with van der Waals surface area (Å²) in [5.74, 6) is -44.7. The van der Waals surface area contributed by atoms with Crippen LogP contribution < -0.4 is 0 Å². The standard InChI is InChI=1S/C51H66F15N/c1-3-5-7-9-11-13-15-17-19-21-23-25-27-29-31-67(32-30-28-26-24-22-20-18-16-14-12-10-8-6-4-2)51(33-36(52)42(58)48(64)43(59)37(33)53,34-38(54)44(60)49(65)45(61)39(34)55)35-40(56)46(62)50(66)47(63)41(35)57/h3-32H2,1-2H3. The van der Waals surface area contributed by atoms with E-state index in [0.717, 1.165) is 103 Å². The highest BCUT2D eigenvalue weighted by molar-refractivity contribution is 5.54. The first-order valence-corrected chi connectivity index (χ1v) is 24.4. The van der Waals surface area contributed by atoms with E-state index in [2.05, 4.69) is 13.8 Å². The number of benzene rings is 3. The average Bonchev–Trinajstić information content (AvgIpc) is 3.31. The molecule has 3 rings (SSSR count). The molecular formula is C51H66F15N. The predicted molar refractivity (Wildman–Crippen MR) is 231 cm³/mol. The molecule has 0 saturated heterocycles. The fourth-order valence-electron chi connectivity index (χ4n) is 9.06. The van der Waals surface area contributed by atoms with Gasteiger partial charge in [-0.1, -0.05) is 181 Å².